The number of likely N-dealkylation sites (tertiary alicyclic amines) is 2. The van der Waals surface area contributed by atoms with Crippen molar-refractivity contribution in [1.29, 1.82) is 0 Å². The van der Waals surface area contributed by atoms with Gasteiger partial charge in [0.2, 0.25) is 5.91 Å². The maximum absolute atomic E-state index is 12.8. The molecule has 1 spiro atoms. The first kappa shape index (κ1) is 19.2. The number of methoxy groups -OCH3 is 1. The maximum atomic E-state index is 12.8. The van der Waals surface area contributed by atoms with E-state index in [9.17, 15) is 9.59 Å². The molecule has 3 aliphatic rings. The minimum atomic E-state index is -0.0556. The summed E-state index contributed by atoms with van der Waals surface area (Å²) in [6.07, 6.45) is 4.50. The van der Waals surface area contributed by atoms with Gasteiger partial charge in [0.05, 0.1) is 7.11 Å². The van der Waals surface area contributed by atoms with E-state index < -0.39 is 0 Å². The van der Waals surface area contributed by atoms with Crippen molar-refractivity contribution in [3.63, 3.8) is 0 Å². The molecule has 1 aromatic heterocycles. The number of carbonyl (C=O) groups excluding carboxylic acids is 2. The van der Waals surface area contributed by atoms with Gasteiger partial charge in [-0.05, 0) is 43.4 Å². The van der Waals surface area contributed by atoms with Crippen LogP contribution in [-0.4, -0.2) is 53.5 Å². The van der Waals surface area contributed by atoms with Crippen LogP contribution < -0.4 is 4.74 Å². The average molecular weight is 409 g/mol. The van der Waals surface area contributed by atoms with Gasteiger partial charge in [0.25, 0.3) is 5.91 Å². The molecule has 3 heterocycles. The first-order chi connectivity index (χ1) is 14.5. The number of amides is 2. The number of hydrogen-bond donors (Lipinski definition) is 0. The second-order valence-corrected chi connectivity index (χ2v) is 8.96. The van der Waals surface area contributed by atoms with Crippen molar-refractivity contribution >= 4 is 11.8 Å². The van der Waals surface area contributed by atoms with E-state index in [0.29, 0.717) is 37.7 Å². The lowest BCUT2D eigenvalue weighted by Crippen LogP contribution is -2.44. The molecule has 3 fully saturated rings. The van der Waals surface area contributed by atoms with Gasteiger partial charge in [-0.1, -0.05) is 17.3 Å². The van der Waals surface area contributed by atoms with Gasteiger partial charge < -0.3 is 19.1 Å². The number of ether oxygens (including phenoxy) is 1. The van der Waals surface area contributed by atoms with Crippen LogP contribution in [0.3, 0.4) is 0 Å². The van der Waals surface area contributed by atoms with Crippen LogP contribution in [0.25, 0.3) is 0 Å². The second-order valence-electron chi connectivity index (χ2n) is 8.96. The Balaban J connectivity index is 1.18. The molecule has 0 radical (unpaired) electrons. The quantitative estimate of drug-likeness (QED) is 0.758. The highest BCUT2D eigenvalue weighted by atomic mass is 16.5. The molecule has 2 amide bonds. The van der Waals surface area contributed by atoms with Gasteiger partial charge in [-0.25, -0.2) is 0 Å². The summed E-state index contributed by atoms with van der Waals surface area (Å²) in [5.41, 5.74) is 1.49. The van der Waals surface area contributed by atoms with E-state index in [1.165, 1.54) is 0 Å². The number of benzene rings is 1. The fourth-order valence-corrected chi connectivity index (χ4v) is 4.71. The zero-order chi connectivity index (χ0) is 20.7. The minimum Gasteiger partial charge on any atom is -0.497 e. The van der Waals surface area contributed by atoms with E-state index in [-0.39, 0.29) is 17.2 Å². The van der Waals surface area contributed by atoms with Gasteiger partial charge >= 0.3 is 0 Å². The standard InChI is InChI=1S/C23H27N3O4/c1-29-18-6-2-16(3-7-18)14-26-15-23(13-21(26)27)8-10-25(11-9-23)22(28)19-12-20(30-24-19)17-4-5-17/h2-3,6-7,12,17H,4-5,8-11,13-15H2,1H3. The third-order valence-electron chi connectivity index (χ3n) is 6.78. The monoisotopic (exact) mass is 409 g/mol. The molecule has 1 aliphatic carbocycles. The maximum Gasteiger partial charge on any atom is 0.276 e. The van der Waals surface area contributed by atoms with E-state index in [2.05, 4.69) is 5.16 Å². The Bertz CT molecular complexity index is 940. The number of aromatic nitrogens is 1. The Morgan fingerprint density at radius 1 is 1.23 bits per heavy atom. The van der Waals surface area contributed by atoms with Crippen molar-refractivity contribution < 1.29 is 18.8 Å². The van der Waals surface area contributed by atoms with Crippen LogP contribution >= 0.6 is 0 Å². The predicted octanol–water partition coefficient (Wildman–Crippen LogP) is 3.22. The molecule has 30 heavy (non-hydrogen) atoms. The highest BCUT2D eigenvalue weighted by Gasteiger charge is 2.45. The summed E-state index contributed by atoms with van der Waals surface area (Å²) in [6.45, 7) is 2.70. The summed E-state index contributed by atoms with van der Waals surface area (Å²) in [5.74, 6) is 2.25. The third kappa shape index (κ3) is 3.68. The van der Waals surface area contributed by atoms with E-state index in [1.54, 1.807) is 13.2 Å². The highest BCUT2D eigenvalue weighted by molar-refractivity contribution is 5.92. The zero-order valence-electron chi connectivity index (χ0n) is 17.3. The lowest BCUT2D eigenvalue weighted by molar-refractivity contribution is -0.128. The Hall–Kier alpha value is -2.83. The van der Waals surface area contributed by atoms with Crippen LogP contribution in [0.15, 0.2) is 34.9 Å². The second kappa shape index (κ2) is 7.45. The number of carbonyl (C=O) groups is 2. The van der Waals surface area contributed by atoms with E-state index in [0.717, 1.165) is 49.3 Å². The molecule has 1 aromatic carbocycles. The normalized spacial score (nSPS) is 20.8. The number of rotatable bonds is 5. The van der Waals surface area contributed by atoms with Gasteiger partial charge in [0.15, 0.2) is 5.69 Å². The van der Waals surface area contributed by atoms with Gasteiger partial charge in [0.1, 0.15) is 11.5 Å². The van der Waals surface area contributed by atoms with Crippen LogP contribution in [0.2, 0.25) is 0 Å². The molecule has 0 N–H and O–H groups in total. The van der Waals surface area contributed by atoms with Gasteiger partial charge in [-0.15, -0.1) is 0 Å². The van der Waals surface area contributed by atoms with Gasteiger partial charge in [0, 0.05) is 50.0 Å². The molecule has 5 rings (SSSR count). The van der Waals surface area contributed by atoms with Crippen molar-refractivity contribution in [2.45, 2.75) is 44.6 Å². The Morgan fingerprint density at radius 2 is 1.97 bits per heavy atom. The molecule has 7 heteroatoms. The lowest BCUT2D eigenvalue weighted by Gasteiger charge is -2.38. The van der Waals surface area contributed by atoms with E-state index in [4.69, 9.17) is 9.26 Å². The van der Waals surface area contributed by atoms with Crippen molar-refractivity contribution in [1.82, 2.24) is 15.0 Å². The molecular weight excluding hydrogens is 382 g/mol. The van der Waals surface area contributed by atoms with E-state index in [1.807, 2.05) is 34.1 Å². The molecule has 2 saturated heterocycles. The van der Waals surface area contributed by atoms with Crippen LogP contribution in [0, 0.1) is 5.41 Å². The molecule has 1 saturated carbocycles. The molecule has 2 aliphatic heterocycles. The summed E-state index contributed by atoms with van der Waals surface area (Å²) in [6, 6.07) is 9.67. The SMILES string of the molecule is COc1ccc(CN2CC3(CCN(C(=O)c4cc(C5CC5)on4)CC3)CC2=O)cc1. The van der Waals surface area contributed by atoms with Crippen molar-refractivity contribution in [2.24, 2.45) is 5.41 Å². The first-order valence-corrected chi connectivity index (χ1v) is 10.7. The van der Waals surface area contributed by atoms with Crippen LogP contribution in [-0.2, 0) is 11.3 Å². The summed E-state index contributed by atoms with van der Waals surface area (Å²) in [4.78, 5) is 29.3. The van der Waals surface area contributed by atoms with E-state index >= 15 is 0 Å². The molecule has 7 nitrogen and oxygen atoms in total. The predicted molar refractivity (Wildman–Crippen MR) is 109 cm³/mol. The molecule has 0 unspecified atom stereocenters. The lowest BCUT2D eigenvalue weighted by atomic mass is 9.77. The number of hydrogen-bond acceptors (Lipinski definition) is 5. The average Bonchev–Trinajstić information content (AvgIpc) is 3.42. The Kier molecular flexibility index (Phi) is 4.76. The van der Waals surface area contributed by atoms with Crippen LogP contribution in [0.4, 0.5) is 0 Å². The van der Waals surface area contributed by atoms with Crippen molar-refractivity contribution in [3.05, 3.63) is 47.3 Å². The summed E-state index contributed by atoms with van der Waals surface area (Å²) >= 11 is 0. The Morgan fingerprint density at radius 3 is 2.63 bits per heavy atom. The zero-order valence-corrected chi connectivity index (χ0v) is 17.3. The smallest absolute Gasteiger partial charge is 0.276 e. The molecule has 0 atom stereocenters. The van der Waals surface area contributed by atoms with Crippen molar-refractivity contribution in [2.75, 3.05) is 26.7 Å². The fraction of sp³-hybridized carbons (Fsp3) is 0.522. The van der Waals surface area contributed by atoms with Gasteiger partial charge in [-0.3, -0.25) is 9.59 Å². The van der Waals surface area contributed by atoms with Crippen molar-refractivity contribution in [3.8, 4) is 5.75 Å². The first-order valence-electron chi connectivity index (χ1n) is 10.7. The molecule has 0 bridgehead atoms. The topological polar surface area (TPSA) is 75.9 Å². The minimum absolute atomic E-state index is 0.0245. The molecule has 2 aromatic rings. The van der Waals surface area contributed by atoms with Gasteiger partial charge in [-0.2, -0.15) is 0 Å². The highest BCUT2D eigenvalue weighted by Crippen LogP contribution is 2.42. The number of nitrogens with zero attached hydrogens (tertiary/aromatic N) is 3. The Labute approximate surface area is 176 Å². The fourth-order valence-electron chi connectivity index (χ4n) is 4.71. The third-order valence-corrected chi connectivity index (χ3v) is 6.78. The summed E-state index contributed by atoms with van der Waals surface area (Å²) < 4.78 is 10.5. The summed E-state index contributed by atoms with van der Waals surface area (Å²) in [7, 11) is 1.65. The molecular formula is C23H27N3O4. The number of piperidine rings is 1. The summed E-state index contributed by atoms with van der Waals surface area (Å²) in [5, 5.41) is 3.99. The van der Waals surface area contributed by atoms with Crippen LogP contribution in [0.1, 0.15) is 59.8 Å². The van der Waals surface area contributed by atoms with Crippen LogP contribution in [0.5, 0.6) is 5.75 Å². The largest absolute Gasteiger partial charge is 0.497 e. The molecule has 158 valence electrons.